The van der Waals surface area contributed by atoms with Crippen molar-refractivity contribution in [1.82, 2.24) is 9.47 Å². The van der Waals surface area contributed by atoms with Gasteiger partial charge in [0.05, 0.1) is 5.60 Å². The maximum absolute atomic E-state index is 12.9. The first-order chi connectivity index (χ1) is 12.5. The summed E-state index contributed by atoms with van der Waals surface area (Å²) < 4.78 is 2.02. The summed E-state index contributed by atoms with van der Waals surface area (Å²) in [7, 11) is 1.98. The fourth-order valence-corrected chi connectivity index (χ4v) is 3.83. The van der Waals surface area contributed by atoms with Crippen molar-refractivity contribution in [2.75, 3.05) is 13.1 Å². The summed E-state index contributed by atoms with van der Waals surface area (Å²) in [6.07, 6.45) is 3.03. The number of nitrogens with zero attached hydrogens (tertiary/aromatic N) is 2. The van der Waals surface area contributed by atoms with Gasteiger partial charge in [0.25, 0.3) is 5.91 Å². The van der Waals surface area contributed by atoms with Crippen LogP contribution in [0.25, 0.3) is 10.9 Å². The van der Waals surface area contributed by atoms with Crippen molar-refractivity contribution in [1.29, 1.82) is 0 Å². The Morgan fingerprint density at radius 1 is 1.08 bits per heavy atom. The summed E-state index contributed by atoms with van der Waals surface area (Å²) in [5.41, 5.74) is 1.70. The highest BCUT2D eigenvalue weighted by Gasteiger charge is 2.35. The number of aliphatic hydroxyl groups is 1. The normalized spacial score (nSPS) is 16.8. The van der Waals surface area contributed by atoms with E-state index in [4.69, 9.17) is 11.6 Å². The number of piperidine rings is 1. The molecule has 0 atom stereocenters. The van der Waals surface area contributed by atoms with E-state index in [1.54, 1.807) is 12.1 Å². The van der Waals surface area contributed by atoms with E-state index in [0.29, 0.717) is 36.5 Å². The van der Waals surface area contributed by atoms with Gasteiger partial charge in [-0.15, -0.1) is 0 Å². The van der Waals surface area contributed by atoms with Gasteiger partial charge in [-0.05, 0) is 54.1 Å². The number of likely N-dealkylation sites (tertiary alicyclic amines) is 1. The number of amides is 1. The molecule has 0 bridgehead atoms. The van der Waals surface area contributed by atoms with Crippen molar-refractivity contribution in [2.24, 2.45) is 7.05 Å². The van der Waals surface area contributed by atoms with E-state index in [0.717, 1.165) is 16.5 Å². The third kappa shape index (κ3) is 3.00. The first-order valence-corrected chi connectivity index (χ1v) is 9.17. The molecule has 2 aromatic carbocycles. The standard InChI is InChI=1S/C21H21ClN2O2/c1-23-11-8-15-2-3-16(14-19(15)23)20(25)24-12-9-21(26,10-13-24)17-4-6-18(22)7-5-17/h2-8,11,14,26H,9-10,12-13H2,1H3. The van der Waals surface area contributed by atoms with Gasteiger partial charge in [0, 0.05) is 42.4 Å². The number of carbonyl (C=O) groups excluding carboxylic acids is 1. The van der Waals surface area contributed by atoms with Crippen molar-refractivity contribution >= 4 is 28.4 Å². The zero-order valence-electron chi connectivity index (χ0n) is 14.7. The van der Waals surface area contributed by atoms with Gasteiger partial charge in [-0.1, -0.05) is 29.8 Å². The Bertz CT molecular complexity index is 954. The van der Waals surface area contributed by atoms with Crippen LogP contribution in [0, 0.1) is 0 Å². The molecule has 3 aromatic rings. The minimum atomic E-state index is -0.899. The van der Waals surface area contributed by atoms with Crippen LogP contribution < -0.4 is 0 Å². The lowest BCUT2D eigenvalue weighted by atomic mass is 9.84. The van der Waals surface area contributed by atoms with Gasteiger partial charge in [-0.25, -0.2) is 0 Å². The van der Waals surface area contributed by atoms with Gasteiger partial charge in [-0.2, -0.15) is 0 Å². The lowest BCUT2D eigenvalue weighted by molar-refractivity contribution is -0.0211. The lowest BCUT2D eigenvalue weighted by Gasteiger charge is -2.38. The van der Waals surface area contributed by atoms with Gasteiger partial charge in [0.1, 0.15) is 0 Å². The van der Waals surface area contributed by atoms with Crippen LogP contribution in [0.1, 0.15) is 28.8 Å². The van der Waals surface area contributed by atoms with Gasteiger partial charge < -0.3 is 14.6 Å². The highest BCUT2D eigenvalue weighted by Crippen LogP contribution is 2.34. The van der Waals surface area contributed by atoms with Crippen molar-refractivity contribution in [3.05, 3.63) is 70.9 Å². The van der Waals surface area contributed by atoms with Crippen molar-refractivity contribution in [3.63, 3.8) is 0 Å². The lowest BCUT2D eigenvalue weighted by Crippen LogP contribution is -2.45. The minimum Gasteiger partial charge on any atom is -0.385 e. The predicted octanol–water partition coefficient (Wildman–Crippen LogP) is 3.96. The van der Waals surface area contributed by atoms with E-state index < -0.39 is 5.60 Å². The average Bonchev–Trinajstić information content (AvgIpc) is 3.03. The molecule has 26 heavy (non-hydrogen) atoms. The molecular formula is C21H21ClN2O2. The van der Waals surface area contributed by atoms with Crippen molar-refractivity contribution in [3.8, 4) is 0 Å². The number of benzene rings is 2. The van der Waals surface area contributed by atoms with Crippen LogP contribution in [0.15, 0.2) is 54.7 Å². The number of aryl methyl sites for hydroxylation is 1. The van der Waals surface area contributed by atoms with Crippen molar-refractivity contribution < 1.29 is 9.90 Å². The fraction of sp³-hybridized carbons (Fsp3) is 0.286. The Morgan fingerprint density at radius 3 is 2.46 bits per heavy atom. The topological polar surface area (TPSA) is 45.5 Å². The molecule has 1 aliphatic heterocycles. The number of fused-ring (bicyclic) bond motifs is 1. The summed E-state index contributed by atoms with van der Waals surface area (Å²) in [5, 5.41) is 12.7. The third-order valence-corrected chi connectivity index (χ3v) is 5.65. The summed E-state index contributed by atoms with van der Waals surface area (Å²) in [6.45, 7) is 1.06. The number of rotatable bonds is 2. The Hall–Kier alpha value is -2.30. The van der Waals surface area contributed by atoms with Crippen molar-refractivity contribution in [2.45, 2.75) is 18.4 Å². The highest BCUT2D eigenvalue weighted by atomic mass is 35.5. The number of hydrogen-bond acceptors (Lipinski definition) is 2. The van der Waals surface area contributed by atoms with Crippen LogP contribution in [-0.2, 0) is 12.6 Å². The van der Waals surface area contributed by atoms with Crippen LogP contribution in [0.3, 0.4) is 0 Å². The number of aromatic nitrogens is 1. The Kier molecular flexibility index (Phi) is 4.25. The maximum atomic E-state index is 12.9. The monoisotopic (exact) mass is 368 g/mol. The molecule has 0 spiro atoms. The van der Waals surface area contributed by atoms with Gasteiger partial charge >= 0.3 is 0 Å². The number of carbonyl (C=O) groups is 1. The molecule has 0 radical (unpaired) electrons. The van der Waals surface area contributed by atoms with E-state index in [1.165, 1.54) is 0 Å². The molecule has 0 saturated carbocycles. The third-order valence-electron chi connectivity index (χ3n) is 5.39. The van der Waals surface area contributed by atoms with Gasteiger partial charge in [0.2, 0.25) is 0 Å². The highest BCUT2D eigenvalue weighted by molar-refractivity contribution is 6.30. The molecule has 1 N–H and O–H groups in total. The second-order valence-electron chi connectivity index (χ2n) is 7.03. The number of hydrogen-bond donors (Lipinski definition) is 1. The second kappa shape index (κ2) is 6.45. The molecule has 1 saturated heterocycles. The predicted molar refractivity (Wildman–Crippen MR) is 103 cm³/mol. The molecule has 0 aliphatic carbocycles. The Balaban J connectivity index is 1.50. The van der Waals surface area contributed by atoms with Crippen LogP contribution in [0.4, 0.5) is 0 Å². The molecule has 4 rings (SSSR count). The van der Waals surface area contributed by atoms with Crippen LogP contribution >= 0.6 is 11.6 Å². The molecule has 4 nitrogen and oxygen atoms in total. The molecule has 1 aliphatic rings. The number of halogens is 1. The first kappa shape index (κ1) is 17.1. The largest absolute Gasteiger partial charge is 0.385 e. The molecule has 1 amide bonds. The van der Waals surface area contributed by atoms with Gasteiger partial charge in [-0.3, -0.25) is 4.79 Å². The summed E-state index contributed by atoms with van der Waals surface area (Å²) in [5.74, 6) is 0.0197. The van der Waals surface area contributed by atoms with Crippen LogP contribution in [0.2, 0.25) is 5.02 Å². The van der Waals surface area contributed by atoms with Gasteiger partial charge in [0.15, 0.2) is 0 Å². The van der Waals surface area contributed by atoms with Crippen LogP contribution in [0.5, 0.6) is 0 Å². The molecular weight excluding hydrogens is 348 g/mol. The average molecular weight is 369 g/mol. The fourth-order valence-electron chi connectivity index (χ4n) is 3.71. The summed E-state index contributed by atoms with van der Waals surface area (Å²) >= 11 is 5.94. The molecule has 2 heterocycles. The Labute approximate surface area is 157 Å². The van der Waals surface area contributed by atoms with E-state index in [1.807, 2.05) is 59.1 Å². The SMILES string of the molecule is Cn1ccc2ccc(C(=O)N3CCC(O)(c4ccc(Cl)cc4)CC3)cc21. The maximum Gasteiger partial charge on any atom is 0.253 e. The first-order valence-electron chi connectivity index (χ1n) is 8.79. The van der Waals surface area contributed by atoms with E-state index in [2.05, 4.69) is 0 Å². The molecule has 1 aromatic heterocycles. The van der Waals surface area contributed by atoms with E-state index in [-0.39, 0.29) is 5.91 Å². The molecule has 1 fully saturated rings. The van der Waals surface area contributed by atoms with E-state index in [9.17, 15) is 9.90 Å². The smallest absolute Gasteiger partial charge is 0.253 e. The quantitative estimate of drug-likeness (QED) is 0.744. The summed E-state index contributed by atoms with van der Waals surface area (Å²) in [6, 6.07) is 15.2. The second-order valence-corrected chi connectivity index (χ2v) is 7.47. The summed E-state index contributed by atoms with van der Waals surface area (Å²) in [4.78, 5) is 14.7. The molecule has 0 unspecified atom stereocenters. The molecule has 134 valence electrons. The zero-order valence-corrected chi connectivity index (χ0v) is 15.4. The van der Waals surface area contributed by atoms with Crippen LogP contribution in [-0.4, -0.2) is 33.6 Å². The zero-order chi connectivity index (χ0) is 18.3. The Morgan fingerprint density at radius 2 is 1.77 bits per heavy atom. The minimum absolute atomic E-state index is 0.0197. The molecule has 5 heteroatoms. The van der Waals surface area contributed by atoms with E-state index >= 15 is 0 Å².